The number of aliphatic hydroxyl groups excluding tert-OH is 1. The van der Waals surface area contributed by atoms with E-state index in [4.69, 9.17) is 4.98 Å². The molecule has 0 radical (unpaired) electrons. The van der Waals surface area contributed by atoms with E-state index in [9.17, 15) is 9.90 Å². The van der Waals surface area contributed by atoms with Crippen LogP contribution in [0.3, 0.4) is 0 Å². The van der Waals surface area contributed by atoms with E-state index in [0.29, 0.717) is 12.8 Å². The Bertz CT molecular complexity index is 1260. The lowest BCUT2D eigenvalue weighted by atomic mass is 9.81. The molecule has 5 rings (SSSR count). The van der Waals surface area contributed by atoms with E-state index in [1.54, 1.807) is 0 Å². The second kappa shape index (κ2) is 9.29. The van der Waals surface area contributed by atoms with Crippen LogP contribution in [0.2, 0.25) is 0 Å². The smallest absolute Gasteiger partial charge is 0.137 e. The summed E-state index contributed by atoms with van der Waals surface area (Å²) >= 11 is 0. The van der Waals surface area contributed by atoms with Crippen LogP contribution in [0.25, 0.3) is 33.3 Å². The number of carbonyl (C=O) groups excluding carboxylic acids is 1. The zero-order valence-corrected chi connectivity index (χ0v) is 18.8. The van der Waals surface area contributed by atoms with Crippen molar-refractivity contribution in [2.24, 2.45) is 5.41 Å². The highest BCUT2D eigenvalue weighted by atomic mass is 16.3. The van der Waals surface area contributed by atoms with Crippen molar-refractivity contribution in [3.05, 3.63) is 90.5 Å². The fourth-order valence-electron chi connectivity index (χ4n) is 5.21. The van der Waals surface area contributed by atoms with Gasteiger partial charge in [0.2, 0.25) is 0 Å². The minimum atomic E-state index is -0.194. The molecule has 0 amide bonds. The molecule has 1 aliphatic carbocycles. The zero-order valence-electron chi connectivity index (χ0n) is 18.8. The molecule has 0 bridgehead atoms. The minimum Gasteiger partial charge on any atom is -0.396 e. The fraction of sp³-hybridized carbons (Fsp3) is 0.267. The molecular formula is C30H29NO2. The van der Waals surface area contributed by atoms with Gasteiger partial charge in [-0.1, -0.05) is 79.6 Å². The van der Waals surface area contributed by atoms with E-state index in [1.165, 1.54) is 0 Å². The highest BCUT2D eigenvalue weighted by molar-refractivity contribution is 5.92. The van der Waals surface area contributed by atoms with Gasteiger partial charge in [-0.3, -0.25) is 4.79 Å². The molecule has 1 fully saturated rings. The zero-order chi connectivity index (χ0) is 22.7. The van der Waals surface area contributed by atoms with Gasteiger partial charge < -0.3 is 5.11 Å². The molecule has 33 heavy (non-hydrogen) atoms. The Hall–Kier alpha value is -3.30. The van der Waals surface area contributed by atoms with E-state index < -0.39 is 0 Å². The van der Waals surface area contributed by atoms with Crippen LogP contribution in [0.15, 0.2) is 84.9 Å². The molecule has 4 aromatic rings. The number of fused-ring (bicyclic) bond motifs is 1. The monoisotopic (exact) mass is 435 g/mol. The fourth-order valence-corrected chi connectivity index (χ4v) is 5.21. The van der Waals surface area contributed by atoms with E-state index in [0.717, 1.165) is 64.5 Å². The lowest BCUT2D eigenvalue weighted by molar-refractivity contribution is -0.121. The predicted octanol–water partition coefficient (Wildman–Crippen LogP) is 6.62. The summed E-state index contributed by atoms with van der Waals surface area (Å²) in [6.07, 6.45) is 5.02. The summed E-state index contributed by atoms with van der Waals surface area (Å²) < 4.78 is 0. The molecule has 3 aromatic carbocycles. The largest absolute Gasteiger partial charge is 0.396 e. The molecule has 0 unspecified atom stereocenters. The summed E-state index contributed by atoms with van der Waals surface area (Å²) in [6, 6.07) is 28.9. The number of pyridine rings is 1. The van der Waals surface area contributed by atoms with Gasteiger partial charge in [-0.2, -0.15) is 0 Å². The van der Waals surface area contributed by atoms with Gasteiger partial charge in [-0.05, 0) is 42.2 Å². The van der Waals surface area contributed by atoms with Crippen molar-refractivity contribution in [2.75, 3.05) is 6.61 Å². The normalized spacial score (nSPS) is 15.1. The third-order valence-electron chi connectivity index (χ3n) is 6.98. The highest BCUT2D eigenvalue weighted by Crippen LogP contribution is 2.41. The first-order valence-corrected chi connectivity index (χ1v) is 11.8. The topological polar surface area (TPSA) is 50.2 Å². The Kier molecular flexibility index (Phi) is 6.06. The van der Waals surface area contributed by atoms with Crippen molar-refractivity contribution >= 4 is 16.7 Å². The lowest BCUT2D eigenvalue weighted by Crippen LogP contribution is -2.26. The van der Waals surface area contributed by atoms with Gasteiger partial charge in [-0.15, -0.1) is 0 Å². The molecule has 0 spiro atoms. The number of hydrogen-bond donors (Lipinski definition) is 1. The van der Waals surface area contributed by atoms with Crippen molar-refractivity contribution in [3.8, 4) is 22.4 Å². The van der Waals surface area contributed by atoms with E-state index >= 15 is 0 Å². The van der Waals surface area contributed by atoms with Gasteiger partial charge in [0.25, 0.3) is 0 Å². The molecule has 0 saturated heterocycles. The van der Waals surface area contributed by atoms with Crippen LogP contribution in [0.4, 0.5) is 0 Å². The first-order valence-electron chi connectivity index (χ1n) is 11.8. The number of Topliss-reactive ketones (excluding diaryl/α,β-unsaturated/α-hetero) is 1. The van der Waals surface area contributed by atoms with Gasteiger partial charge in [0.05, 0.1) is 11.2 Å². The Morgan fingerprint density at radius 2 is 1.52 bits per heavy atom. The molecule has 1 aromatic heterocycles. The standard InChI is InChI=1S/C30H29NO2/c32-21-30(15-7-8-16-30)20-26(33)18-22-13-14-28-25(17-22)19-27(23-9-3-1-4-10-23)29(31-28)24-11-5-2-6-12-24/h1-6,9-14,17,19,32H,7-8,15-16,18,20-21H2. The number of rotatable bonds is 7. The van der Waals surface area contributed by atoms with Crippen LogP contribution in [0.1, 0.15) is 37.7 Å². The van der Waals surface area contributed by atoms with Crippen LogP contribution < -0.4 is 0 Å². The maximum atomic E-state index is 12.9. The maximum Gasteiger partial charge on any atom is 0.137 e. The summed E-state index contributed by atoms with van der Waals surface area (Å²) in [5, 5.41) is 10.9. The minimum absolute atomic E-state index is 0.114. The Labute approximate surface area is 195 Å². The van der Waals surface area contributed by atoms with Crippen LogP contribution in [-0.4, -0.2) is 22.5 Å². The number of aliphatic hydroxyl groups is 1. The van der Waals surface area contributed by atoms with Crippen LogP contribution in [0, 0.1) is 5.41 Å². The average Bonchev–Trinajstić information content (AvgIpc) is 3.33. The SMILES string of the molecule is O=C(Cc1ccc2nc(-c3ccccc3)c(-c3ccccc3)cc2c1)CC1(CO)CCCC1. The molecule has 1 heterocycles. The first kappa shape index (κ1) is 21.5. The molecule has 0 atom stereocenters. The summed E-state index contributed by atoms with van der Waals surface area (Å²) in [4.78, 5) is 17.9. The molecular weight excluding hydrogens is 406 g/mol. The molecule has 166 valence electrons. The van der Waals surface area contributed by atoms with Crippen LogP contribution >= 0.6 is 0 Å². The third kappa shape index (κ3) is 4.60. The summed E-state index contributed by atoms with van der Waals surface area (Å²) in [6.45, 7) is 0.114. The summed E-state index contributed by atoms with van der Waals surface area (Å²) in [5.41, 5.74) is 5.99. The Balaban J connectivity index is 1.50. The highest BCUT2D eigenvalue weighted by Gasteiger charge is 2.35. The number of ketones is 1. The molecule has 3 nitrogen and oxygen atoms in total. The average molecular weight is 436 g/mol. The number of hydrogen-bond acceptors (Lipinski definition) is 3. The summed E-state index contributed by atoms with van der Waals surface area (Å²) in [7, 11) is 0. The van der Waals surface area contributed by atoms with Gasteiger partial charge in [0.15, 0.2) is 0 Å². The maximum absolute atomic E-state index is 12.9. The van der Waals surface area contributed by atoms with Gasteiger partial charge in [-0.25, -0.2) is 4.98 Å². The first-order chi connectivity index (χ1) is 16.2. The molecule has 0 aliphatic heterocycles. The van der Waals surface area contributed by atoms with Gasteiger partial charge in [0.1, 0.15) is 5.78 Å². The second-order valence-corrected chi connectivity index (χ2v) is 9.40. The lowest BCUT2D eigenvalue weighted by Gasteiger charge is -2.25. The van der Waals surface area contributed by atoms with Crippen molar-refractivity contribution in [3.63, 3.8) is 0 Å². The number of benzene rings is 3. The van der Waals surface area contributed by atoms with Crippen LogP contribution in [-0.2, 0) is 11.2 Å². The number of aromatic nitrogens is 1. The van der Waals surface area contributed by atoms with Crippen molar-refractivity contribution in [1.29, 1.82) is 0 Å². The second-order valence-electron chi connectivity index (χ2n) is 9.40. The summed E-state index contributed by atoms with van der Waals surface area (Å²) in [5.74, 6) is 0.211. The Morgan fingerprint density at radius 3 is 2.18 bits per heavy atom. The third-order valence-corrected chi connectivity index (χ3v) is 6.98. The van der Waals surface area contributed by atoms with Gasteiger partial charge >= 0.3 is 0 Å². The number of carbonyl (C=O) groups is 1. The van der Waals surface area contributed by atoms with E-state index in [2.05, 4.69) is 36.4 Å². The van der Waals surface area contributed by atoms with Crippen molar-refractivity contribution in [2.45, 2.75) is 38.5 Å². The quantitative estimate of drug-likeness (QED) is 0.355. The molecule has 1 N–H and O–H groups in total. The van der Waals surface area contributed by atoms with Crippen molar-refractivity contribution < 1.29 is 9.90 Å². The van der Waals surface area contributed by atoms with E-state index in [1.807, 2.05) is 48.5 Å². The van der Waals surface area contributed by atoms with Gasteiger partial charge in [0, 0.05) is 41.4 Å². The molecule has 1 saturated carbocycles. The van der Waals surface area contributed by atoms with E-state index in [-0.39, 0.29) is 17.8 Å². The Morgan fingerprint density at radius 1 is 0.848 bits per heavy atom. The molecule has 1 aliphatic rings. The predicted molar refractivity (Wildman–Crippen MR) is 134 cm³/mol. The van der Waals surface area contributed by atoms with Crippen LogP contribution in [0.5, 0.6) is 0 Å². The van der Waals surface area contributed by atoms with Crippen molar-refractivity contribution in [1.82, 2.24) is 4.98 Å². The number of nitrogens with zero attached hydrogens (tertiary/aromatic N) is 1. The molecule has 3 heteroatoms.